The molecule has 7 N–H and O–H groups in total. The third-order valence-corrected chi connectivity index (χ3v) is 13.0. The Bertz CT molecular complexity index is 2670. The maximum atomic E-state index is 16.5. The fourth-order valence-electron chi connectivity index (χ4n) is 6.77. The number of carbonyl (C=O) groups is 3. The van der Waals surface area contributed by atoms with Crippen LogP contribution in [0.3, 0.4) is 0 Å². The average molecular weight is 977 g/mol. The van der Waals surface area contributed by atoms with Crippen molar-refractivity contribution in [1.29, 1.82) is 0 Å². The summed E-state index contributed by atoms with van der Waals surface area (Å²) in [4.78, 5) is 82.4. The van der Waals surface area contributed by atoms with Gasteiger partial charge in [0.05, 0.1) is 51.1 Å². The second kappa shape index (κ2) is 18.5. The molecule has 0 aromatic carbocycles. The van der Waals surface area contributed by atoms with Crippen LogP contribution in [0.5, 0.6) is 0 Å². The van der Waals surface area contributed by atoms with E-state index in [0.29, 0.717) is 5.69 Å². The number of imidazole rings is 2. The van der Waals surface area contributed by atoms with Crippen LogP contribution in [0.1, 0.15) is 31.5 Å². The van der Waals surface area contributed by atoms with Gasteiger partial charge in [0.1, 0.15) is 54.9 Å². The van der Waals surface area contributed by atoms with Crippen molar-refractivity contribution in [2.24, 2.45) is 5.92 Å². The molecule has 8 heterocycles. The van der Waals surface area contributed by atoms with Gasteiger partial charge in [-0.05, 0) is 23.6 Å². The smallest absolute Gasteiger partial charge is 0.412 e. The summed E-state index contributed by atoms with van der Waals surface area (Å²) >= 11 is 10.4. The number of halogens is 2. The lowest BCUT2D eigenvalue weighted by molar-refractivity contribution is -0.143. The van der Waals surface area contributed by atoms with Gasteiger partial charge in [-0.2, -0.15) is 0 Å². The predicted octanol–water partition coefficient (Wildman–Crippen LogP) is 0.537. The Morgan fingerprint density at radius 3 is 2.11 bits per heavy atom. The summed E-state index contributed by atoms with van der Waals surface area (Å²) in [6.45, 7) is -8.82. The first kappa shape index (κ1) is 45.7. The van der Waals surface area contributed by atoms with Gasteiger partial charge < -0.3 is 49.2 Å². The van der Waals surface area contributed by atoms with Crippen molar-refractivity contribution < 1.29 is 70.4 Å². The highest BCUT2D eigenvalue weighted by atomic mass is 32.5. The van der Waals surface area contributed by atoms with E-state index in [1.54, 1.807) is 0 Å². The van der Waals surface area contributed by atoms with E-state index in [9.17, 15) is 24.2 Å². The van der Waals surface area contributed by atoms with Gasteiger partial charge in [-0.25, -0.2) is 48.2 Å². The standard InChI is InChI=1S/C31H36F2N14O13P2S2/c1-13(30(49)50)4-17(48)35-5-14-6-45(44-43-14)2-3-54-31(51)42-25-21-27(39-10-37-25)47(12-41-21)29-19(33)23-16(58-29)8-56-61(52,63)59-22-15(7-55-62(53,64)60-23)57-28(18(22)32)46-11-40-20-24(34)36-9-38-26(20)46/h6,9-13,15-16,18-19,22-23,28-29H,2-5,7-8H2,1H3,(H,35,48)(H,49,50)(H,52,63)(H,53,64)(H2,34,36,38)(H,37,39,42,51)/t13?,15-,16-,18-,19-,22-,23-,28-,29-,61?,62?/m1/s1. The van der Waals surface area contributed by atoms with E-state index in [1.807, 2.05) is 0 Å². The summed E-state index contributed by atoms with van der Waals surface area (Å²) in [6.07, 6.45) is -8.54. The van der Waals surface area contributed by atoms with Gasteiger partial charge in [0.2, 0.25) is 5.91 Å². The first-order valence-corrected chi connectivity index (χ1v) is 24.0. The lowest BCUT2D eigenvalue weighted by Gasteiger charge is -2.29. The molecule has 2 amide bonds. The van der Waals surface area contributed by atoms with Gasteiger partial charge in [0.15, 0.2) is 53.2 Å². The molecule has 3 aliphatic heterocycles. The number of hydrogen-bond acceptors (Lipinski definition) is 21. The summed E-state index contributed by atoms with van der Waals surface area (Å²) < 4.78 is 75.8. The minimum Gasteiger partial charge on any atom is -0.481 e. The van der Waals surface area contributed by atoms with Gasteiger partial charge in [-0.3, -0.25) is 33.1 Å². The molecule has 3 saturated heterocycles. The number of rotatable bonds is 11. The zero-order chi connectivity index (χ0) is 45.5. The van der Waals surface area contributed by atoms with Crippen LogP contribution in [0.15, 0.2) is 31.5 Å². The molecular weight excluding hydrogens is 941 g/mol. The Morgan fingerprint density at radius 1 is 0.922 bits per heavy atom. The molecule has 5 aromatic rings. The van der Waals surface area contributed by atoms with Crippen molar-refractivity contribution in [1.82, 2.24) is 59.3 Å². The molecule has 3 unspecified atom stereocenters. The van der Waals surface area contributed by atoms with Crippen molar-refractivity contribution in [3.05, 3.63) is 37.2 Å². The van der Waals surface area contributed by atoms with E-state index >= 15 is 8.78 Å². The van der Waals surface area contributed by atoms with Crippen molar-refractivity contribution in [3.63, 3.8) is 0 Å². The van der Waals surface area contributed by atoms with Gasteiger partial charge in [0.25, 0.3) is 0 Å². The zero-order valence-electron chi connectivity index (χ0n) is 32.7. The Morgan fingerprint density at radius 2 is 1.50 bits per heavy atom. The molecule has 8 rings (SSSR count). The molecule has 0 bridgehead atoms. The molecule has 344 valence electrons. The highest BCUT2D eigenvalue weighted by molar-refractivity contribution is 8.07. The molecule has 3 aliphatic rings. The van der Waals surface area contributed by atoms with Crippen LogP contribution in [0.4, 0.5) is 25.2 Å². The van der Waals surface area contributed by atoms with Crippen LogP contribution in [-0.2, 0) is 78.6 Å². The molecule has 64 heavy (non-hydrogen) atoms. The number of fused-ring (bicyclic) bond motifs is 4. The first-order valence-electron chi connectivity index (χ1n) is 18.8. The summed E-state index contributed by atoms with van der Waals surface area (Å²) in [5.41, 5.74) is 6.49. The topological polar surface area (TPSA) is 344 Å². The maximum Gasteiger partial charge on any atom is 0.412 e. The molecular formula is C31H36F2N14O13P2S2. The van der Waals surface area contributed by atoms with E-state index in [4.69, 9.17) is 66.8 Å². The van der Waals surface area contributed by atoms with E-state index in [2.05, 4.69) is 50.8 Å². The van der Waals surface area contributed by atoms with Crippen LogP contribution < -0.4 is 16.4 Å². The number of carbonyl (C=O) groups excluding carboxylic acids is 2. The molecule has 0 aliphatic carbocycles. The zero-order valence-corrected chi connectivity index (χ0v) is 36.1. The van der Waals surface area contributed by atoms with Crippen molar-refractivity contribution >= 4 is 89.0 Å². The van der Waals surface area contributed by atoms with Crippen LogP contribution >= 0.6 is 13.4 Å². The van der Waals surface area contributed by atoms with Crippen LogP contribution in [-0.4, -0.2) is 143 Å². The predicted molar refractivity (Wildman–Crippen MR) is 216 cm³/mol. The van der Waals surface area contributed by atoms with Crippen LogP contribution in [0.25, 0.3) is 22.3 Å². The number of carboxylic acids is 1. The Labute approximate surface area is 367 Å². The molecule has 27 nitrogen and oxygen atoms in total. The molecule has 0 saturated carbocycles. The Balaban J connectivity index is 0.902. The van der Waals surface area contributed by atoms with E-state index < -0.39 is 99.8 Å². The number of nitrogens with two attached hydrogens (primary N) is 1. The lowest BCUT2D eigenvalue weighted by Crippen LogP contribution is -2.37. The quantitative estimate of drug-likeness (QED) is 0.0984. The number of ether oxygens (including phenoxy) is 3. The third-order valence-electron chi connectivity index (χ3n) is 9.88. The summed E-state index contributed by atoms with van der Waals surface area (Å²) in [5.74, 6) is -2.52. The first-order chi connectivity index (χ1) is 30.5. The van der Waals surface area contributed by atoms with E-state index in [-0.39, 0.29) is 60.1 Å². The number of anilines is 2. The number of nitrogen functional groups attached to an aromatic ring is 1. The number of hydrogen-bond donors (Lipinski definition) is 6. The number of alkyl halides is 2. The summed E-state index contributed by atoms with van der Waals surface area (Å²) in [6, 6.07) is 0. The van der Waals surface area contributed by atoms with Gasteiger partial charge in [-0.15, -0.1) is 5.10 Å². The van der Waals surface area contributed by atoms with Crippen LogP contribution in [0.2, 0.25) is 0 Å². The second-order valence-electron chi connectivity index (χ2n) is 14.3. The van der Waals surface area contributed by atoms with Gasteiger partial charge in [-0.1, -0.05) is 12.1 Å². The minimum atomic E-state index is -4.38. The van der Waals surface area contributed by atoms with Crippen molar-refractivity contribution in [2.45, 2.75) is 75.6 Å². The SMILES string of the molecule is CC(CC(=O)NCc1cn(CCOC(=O)Nc2ncnc3c2ncn3[C@@H]2O[C@@H]3COP(O)(=S)O[C@H]4[C@@H](F)[C@H](n5cnc6c(N)ncnc65)O[C@@H]4COP(O)(=S)O[C@H]3[C@H]2F)nn1)C(=O)O. The lowest BCUT2D eigenvalue weighted by atomic mass is 10.1. The number of carboxylic acid groups (broad SMARTS) is 1. The maximum absolute atomic E-state index is 16.5. The van der Waals surface area contributed by atoms with Crippen molar-refractivity contribution in [2.75, 3.05) is 30.9 Å². The van der Waals surface area contributed by atoms with Gasteiger partial charge >= 0.3 is 25.5 Å². The highest BCUT2D eigenvalue weighted by Gasteiger charge is 2.54. The van der Waals surface area contributed by atoms with Gasteiger partial charge in [0, 0.05) is 6.42 Å². The number of aromatic nitrogens is 11. The number of nitrogens with zero attached hydrogens (tertiary/aromatic N) is 11. The average Bonchev–Trinajstić information content (AvgIpc) is 4.08. The number of aliphatic carboxylic acids is 1. The molecule has 33 heteroatoms. The molecule has 0 spiro atoms. The molecule has 0 radical (unpaired) electrons. The fourth-order valence-corrected chi connectivity index (χ4v) is 9.64. The van der Waals surface area contributed by atoms with Crippen molar-refractivity contribution in [3.8, 4) is 0 Å². The third kappa shape index (κ3) is 9.84. The van der Waals surface area contributed by atoms with E-state index in [1.165, 1.54) is 28.7 Å². The highest BCUT2D eigenvalue weighted by Crippen LogP contribution is 2.54. The number of nitrogens with one attached hydrogen (secondary N) is 2. The van der Waals surface area contributed by atoms with Crippen LogP contribution in [0, 0.1) is 5.92 Å². The molecule has 5 aromatic heterocycles. The second-order valence-corrected chi connectivity index (χ2v) is 19.9. The molecule has 3 fully saturated rings. The fraction of sp³-hybridized carbons (Fsp3) is 0.516. The normalized spacial score (nSPS) is 30.2. The Hall–Kier alpha value is -4.91. The summed E-state index contributed by atoms with van der Waals surface area (Å²) in [7, 11) is 0. The number of amides is 2. The Kier molecular flexibility index (Phi) is 13.2. The monoisotopic (exact) mass is 976 g/mol. The molecule has 11 atom stereocenters. The summed E-state index contributed by atoms with van der Waals surface area (Å²) in [5, 5.41) is 21.8. The minimum absolute atomic E-state index is 0.000235. The van der Waals surface area contributed by atoms with E-state index in [0.717, 1.165) is 23.5 Å². The largest absolute Gasteiger partial charge is 0.481 e.